The number of carbonyl (C=O) groups is 2. The molecule has 1 N–H and O–H groups in total. The van der Waals surface area contributed by atoms with Crippen molar-refractivity contribution in [3.8, 4) is 11.5 Å². The number of aromatic nitrogens is 1. The number of ether oxygens (including phenoxy) is 2. The van der Waals surface area contributed by atoms with E-state index in [2.05, 4.69) is 5.16 Å². The monoisotopic (exact) mass is 465 g/mol. The molecule has 0 radical (unpaired) electrons. The number of amides is 1. The Morgan fingerprint density at radius 1 is 1.12 bits per heavy atom. The average Bonchev–Trinajstić information content (AvgIpc) is 3.38. The first-order valence-electron chi connectivity index (χ1n) is 9.98. The van der Waals surface area contributed by atoms with E-state index >= 15 is 0 Å². The van der Waals surface area contributed by atoms with Crippen molar-refractivity contribution in [3.05, 3.63) is 81.1 Å². The molecule has 2 aromatic carbocycles. The molecule has 0 spiro atoms. The highest BCUT2D eigenvalue weighted by Gasteiger charge is 2.48. The summed E-state index contributed by atoms with van der Waals surface area (Å²) < 4.78 is 15.5. The lowest BCUT2D eigenvalue weighted by Crippen LogP contribution is -2.29. The van der Waals surface area contributed by atoms with E-state index in [9.17, 15) is 24.8 Å². The average molecular weight is 465 g/mol. The molecule has 2 heterocycles. The molecule has 11 nitrogen and oxygen atoms in total. The van der Waals surface area contributed by atoms with Crippen LogP contribution in [0.15, 0.2) is 58.6 Å². The molecule has 1 fully saturated rings. The number of rotatable bonds is 6. The summed E-state index contributed by atoms with van der Waals surface area (Å²) in [6, 6.07) is 10.2. The molecular formula is C23H19N3O8. The number of ketones is 1. The van der Waals surface area contributed by atoms with Gasteiger partial charge in [-0.2, -0.15) is 0 Å². The van der Waals surface area contributed by atoms with Gasteiger partial charge >= 0.3 is 5.91 Å². The van der Waals surface area contributed by atoms with Crippen LogP contribution in [0, 0.1) is 17.0 Å². The lowest BCUT2D eigenvalue weighted by Gasteiger charge is -2.22. The number of Topliss-reactive ketones (excluding diaryl/α,β-unsaturated/α-hetero) is 1. The minimum Gasteiger partial charge on any atom is -0.507 e. The fraction of sp³-hybridized carbons (Fsp3) is 0.174. The van der Waals surface area contributed by atoms with Gasteiger partial charge in [-0.25, -0.2) is 0 Å². The standard InChI is InChI=1S/C23H19N3O8/c1-12-9-18(24-34-12)25-20(13-5-4-6-15(10-13)26(30)31)19(22(28)23(25)29)21(27)14-7-8-16(32-2)17(11-14)33-3/h4-11,20,27H,1-3H3/b21-19-. The minimum atomic E-state index is -1.20. The minimum absolute atomic E-state index is 0.0301. The first-order valence-corrected chi connectivity index (χ1v) is 9.98. The topological polar surface area (TPSA) is 145 Å². The van der Waals surface area contributed by atoms with Gasteiger partial charge < -0.3 is 19.1 Å². The molecular weight excluding hydrogens is 446 g/mol. The number of aryl methyl sites for hydroxylation is 1. The molecule has 3 aromatic rings. The lowest BCUT2D eigenvalue weighted by atomic mass is 9.95. The van der Waals surface area contributed by atoms with E-state index in [1.165, 1.54) is 62.8 Å². The van der Waals surface area contributed by atoms with Crippen molar-refractivity contribution in [3.63, 3.8) is 0 Å². The second kappa shape index (κ2) is 8.70. The molecule has 4 rings (SSSR count). The summed E-state index contributed by atoms with van der Waals surface area (Å²) in [4.78, 5) is 38.0. The number of nitro groups is 1. The van der Waals surface area contributed by atoms with Crippen LogP contribution < -0.4 is 14.4 Å². The van der Waals surface area contributed by atoms with Gasteiger partial charge in [0.05, 0.1) is 30.8 Å². The van der Waals surface area contributed by atoms with E-state index in [0.29, 0.717) is 17.3 Å². The van der Waals surface area contributed by atoms with Gasteiger partial charge in [0.1, 0.15) is 11.5 Å². The second-order valence-electron chi connectivity index (χ2n) is 7.39. The van der Waals surface area contributed by atoms with Crippen LogP contribution >= 0.6 is 0 Å². The van der Waals surface area contributed by atoms with E-state index < -0.39 is 28.4 Å². The van der Waals surface area contributed by atoms with Crippen molar-refractivity contribution in [1.82, 2.24) is 5.16 Å². The SMILES string of the molecule is COc1ccc(/C(O)=C2/C(=O)C(=O)N(c3cc(C)on3)C2c2cccc([N+](=O)[O-])c2)cc1OC. The van der Waals surface area contributed by atoms with E-state index in [-0.39, 0.29) is 28.2 Å². The number of hydrogen-bond donors (Lipinski definition) is 1. The van der Waals surface area contributed by atoms with Crippen LogP contribution in [-0.4, -0.2) is 41.1 Å². The molecule has 34 heavy (non-hydrogen) atoms. The Morgan fingerprint density at radius 3 is 2.47 bits per heavy atom. The third-order valence-electron chi connectivity index (χ3n) is 5.36. The maximum absolute atomic E-state index is 13.1. The summed E-state index contributed by atoms with van der Waals surface area (Å²) in [5.41, 5.74) is -0.0950. The van der Waals surface area contributed by atoms with Gasteiger partial charge in [0.15, 0.2) is 17.3 Å². The number of methoxy groups -OCH3 is 2. The summed E-state index contributed by atoms with van der Waals surface area (Å²) in [6.07, 6.45) is 0. The Bertz CT molecular complexity index is 1340. The third kappa shape index (κ3) is 3.72. The normalized spacial score (nSPS) is 17.1. The predicted octanol–water partition coefficient (Wildman–Crippen LogP) is 3.53. The van der Waals surface area contributed by atoms with Gasteiger partial charge in [-0.05, 0) is 30.7 Å². The maximum atomic E-state index is 13.1. The Labute approximate surface area is 192 Å². The Hall–Kier alpha value is -4.67. The Balaban J connectivity index is 1.96. The largest absolute Gasteiger partial charge is 0.507 e. The number of carbonyl (C=O) groups excluding carboxylic acids is 2. The molecule has 1 unspecified atom stereocenters. The third-order valence-corrected chi connectivity index (χ3v) is 5.36. The summed E-state index contributed by atoms with van der Waals surface area (Å²) >= 11 is 0. The summed E-state index contributed by atoms with van der Waals surface area (Å²) in [6.45, 7) is 1.61. The molecule has 1 aliphatic rings. The zero-order chi connectivity index (χ0) is 24.6. The first kappa shape index (κ1) is 22.5. The van der Waals surface area contributed by atoms with E-state index in [1.807, 2.05) is 0 Å². The summed E-state index contributed by atoms with van der Waals surface area (Å²) in [5.74, 6) is -1.33. The number of aliphatic hydroxyl groups is 1. The number of benzene rings is 2. The molecule has 1 saturated heterocycles. The fourth-order valence-electron chi connectivity index (χ4n) is 3.80. The molecule has 11 heteroatoms. The zero-order valence-corrected chi connectivity index (χ0v) is 18.3. The van der Waals surface area contributed by atoms with Gasteiger partial charge in [-0.15, -0.1) is 0 Å². The van der Waals surface area contributed by atoms with Gasteiger partial charge in [-0.1, -0.05) is 17.3 Å². The van der Waals surface area contributed by atoms with Crippen LogP contribution in [0.1, 0.15) is 22.9 Å². The molecule has 0 aliphatic carbocycles. The van der Waals surface area contributed by atoms with Crippen LogP contribution in [0.3, 0.4) is 0 Å². The van der Waals surface area contributed by atoms with Crippen molar-refractivity contribution in [1.29, 1.82) is 0 Å². The highest BCUT2D eigenvalue weighted by Crippen LogP contribution is 2.43. The van der Waals surface area contributed by atoms with Crippen LogP contribution in [0.25, 0.3) is 5.76 Å². The molecule has 1 aliphatic heterocycles. The molecule has 1 aromatic heterocycles. The number of aliphatic hydroxyl groups excluding tert-OH is 1. The highest BCUT2D eigenvalue weighted by atomic mass is 16.6. The first-order chi connectivity index (χ1) is 16.3. The van der Waals surface area contributed by atoms with Crippen LogP contribution in [-0.2, 0) is 9.59 Å². The van der Waals surface area contributed by atoms with Crippen molar-refractivity contribution in [2.75, 3.05) is 19.1 Å². The smallest absolute Gasteiger partial charge is 0.301 e. The number of hydrogen-bond acceptors (Lipinski definition) is 9. The van der Waals surface area contributed by atoms with Crippen molar-refractivity contribution < 1.29 is 33.6 Å². The van der Waals surface area contributed by atoms with E-state index in [4.69, 9.17) is 14.0 Å². The van der Waals surface area contributed by atoms with Crippen molar-refractivity contribution in [2.45, 2.75) is 13.0 Å². The Kier molecular flexibility index (Phi) is 5.76. The molecule has 1 amide bonds. The Morgan fingerprint density at radius 2 is 1.85 bits per heavy atom. The van der Waals surface area contributed by atoms with Crippen LogP contribution in [0.5, 0.6) is 11.5 Å². The number of non-ortho nitro benzene ring substituents is 1. The molecule has 0 saturated carbocycles. The van der Waals surface area contributed by atoms with Crippen molar-refractivity contribution >= 4 is 29.0 Å². The maximum Gasteiger partial charge on any atom is 0.301 e. The van der Waals surface area contributed by atoms with Crippen LogP contribution in [0.2, 0.25) is 0 Å². The number of anilines is 1. The van der Waals surface area contributed by atoms with Crippen LogP contribution in [0.4, 0.5) is 11.5 Å². The molecule has 0 bridgehead atoms. The quantitative estimate of drug-likeness (QED) is 0.190. The predicted molar refractivity (Wildman–Crippen MR) is 119 cm³/mol. The van der Waals surface area contributed by atoms with E-state index in [1.54, 1.807) is 6.92 Å². The number of nitrogens with zero attached hydrogens (tertiary/aromatic N) is 3. The van der Waals surface area contributed by atoms with Gasteiger partial charge in [0.25, 0.3) is 11.5 Å². The zero-order valence-electron chi connectivity index (χ0n) is 18.3. The van der Waals surface area contributed by atoms with Crippen molar-refractivity contribution in [2.24, 2.45) is 0 Å². The van der Waals surface area contributed by atoms with E-state index in [0.717, 1.165) is 4.90 Å². The second-order valence-corrected chi connectivity index (χ2v) is 7.39. The molecule has 1 atom stereocenters. The van der Waals surface area contributed by atoms with Gasteiger partial charge in [0, 0.05) is 23.8 Å². The molecule has 174 valence electrons. The fourth-order valence-corrected chi connectivity index (χ4v) is 3.80. The van der Waals surface area contributed by atoms with Gasteiger partial charge in [-0.3, -0.25) is 24.6 Å². The lowest BCUT2D eigenvalue weighted by molar-refractivity contribution is -0.384. The van der Waals surface area contributed by atoms with Gasteiger partial charge in [0.2, 0.25) is 0 Å². The number of nitro benzene ring substituents is 1. The summed E-state index contributed by atoms with van der Waals surface area (Å²) in [5, 5.41) is 26.4. The summed E-state index contributed by atoms with van der Waals surface area (Å²) in [7, 11) is 2.86. The highest BCUT2D eigenvalue weighted by molar-refractivity contribution is 6.51.